The van der Waals surface area contributed by atoms with E-state index in [9.17, 15) is 4.79 Å². The number of primary amides is 1. The van der Waals surface area contributed by atoms with Gasteiger partial charge in [0.05, 0.1) is 0 Å². The molecule has 1 atom stereocenters. The molecule has 1 aromatic rings. The smallest absolute Gasteiger partial charge is 0.243 e. The van der Waals surface area contributed by atoms with E-state index in [-0.39, 0.29) is 0 Å². The van der Waals surface area contributed by atoms with Gasteiger partial charge in [0.15, 0.2) is 0 Å². The van der Waals surface area contributed by atoms with Gasteiger partial charge < -0.3 is 11.5 Å². The molecule has 1 unspecified atom stereocenters. The molecular weight excluding hydrogens is 250 g/mol. The van der Waals surface area contributed by atoms with Gasteiger partial charge in [-0.3, -0.25) is 9.69 Å². The molecule has 0 saturated heterocycles. The molecule has 0 spiro atoms. The van der Waals surface area contributed by atoms with Gasteiger partial charge in [0, 0.05) is 19.1 Å². The fourth-order valence-electron chi connectivity index (χ4n) is 2.78. The molecule has 2 aliphatic rings. The Balaban J connectivity index is 1.80. The van der Waals surface area contributed by atoms with Gasteiger partial charge in [-0.15, -0.1) is 0 Å². The van der Waals surface area contributed by atoms with Crippen molar-refractivity contribution in [3.63, 3.8) is 0 Å². The van der Waals surface area contributed by atoms with Crippen molar-refractivity contribution in [1.29, 1.82) is 0 Å². The molecule has 108 valence electrons. The summed E-state index contributed by atoms with van der Waals surface area (Å²) in [4.78, 5) is 14.4. The fourth-order valence-corrected chi connectivity index (χ4v) is 2.78. The van der Waals surface area contributed by atoms with Crippen molar-refractivity contribution in [3.8, 4) is 0 Å². The minimum atomic E-state index is -1.08. The molecule has 0 aromatic heterocycles. The van der Waals surface area contributed by atoms with E-state index < -0.39 is 11.4 Å². The summed E-state index contributed by atoms with van der Waals surface area (Å²) in [6.07, 6.45) is 5.05. The van der Waals surface area contributed by atoms with Gasteiger partial charge in [-0.2, -0.15) is 0 Å². The second-order valence-electron chi connectivity index (χ2n) is 6.31. The van der Waals surface area contributed by atoms with E-state index in [1.165, 1.54) is 25.7 Å². The number of amides is 1. The Morgan fingerprint density at radius 1 is 1.20 bits per heavy atom. The Morgan fingerprint density at radius 2 is 1.85 bits per heavy atom. The third-order valence-electron chi connectivity index (χ3n) is 4.43. The van der Waals surface area contributed by atoms with Crippen LogP contribution < -0.4 is 11.5 Å². The zero-order chi connectivity index (χ0) is 14.2. The molecule has 0 radical (unpaired) electrons. The molecule has 0 aliphatic heterocycles. The lowest BCUT2D eigenvalue weighted by Crippen LogP contribution is -2.57. The van der Waals surface area contributed by atoms with Gasteiger partial charge in [-0.05, 0) is 37.2 Å². The predicted octanol–water partition coefficient (Wildman–Crippen LogP) is 1.20. The van der Waals surface area contributed by atoms with Crippen LogP contribution in [0.2, 0.25) is 0 Å². The van der Waals surface area contributed by atoms with E-state index in [1.807, 2.05) is 30.3 Å². The van der Waals surface area contributed by atoms with Crippen LogP contribution in [0.4, 0.5) is 0 Å². The van der Waals surface area contributed by atoms with Gasteiger partial charge in [0.2, 0.25) is 5.91 Å². The predicted molar refractivity (Wildman–Crippen MR) is 78.8 cm³/mol. The van der Waals surface area contributed by atoms with E-state index in [0.717, 1.165) is 18.0 Å². The molecule has 1 amide bonds. The number of carbonyl (C=O) groups is 1. The van der Waals surface area contributed by atoms with Crippen molar-refractivity contribution >= 4 is 5.91 Å². The molecule has 2 fully saturated rings. The lowest BCUT2D eigenvalue weighted by atomic mass is 9.89. The van der Waals surface area contributed by atoms with Crippen LogP contribution in [0.5, 0.6) is 0 Å². The summed E-state index contributed by atoms with van der Waals surface area (Å²) in [6.45, 7) is 1.59. The van der Waals surface area contributed by atoms with Gasteiger partial charge in [-0.25, -0.2) is 0 Å². The molecule has 4 nitrogen and oxygen atoms in total. The van der Waals surface area contributed by atoms with E-state index >= 15 is 0 Å². The molecule has 2 aliphatic carbocycles. The first kappa shape index (κ1) is 13.6. The first-order valence-electron chi connectivity index (χ1n) is 7.48. The van der Waals surface area contributed by atoms with Crippen molar-refractivity contribution in [2.45, 2.75) is 37.3 Å². The highest BCUT2D eigenvalue weighted by atomic mass is 16.1. The van der Waals surface area contributed by atoms with Crippen molar-refractivity contribution in [2.24, 2.45) is 17.4 Å². The second kappa shape index (κ2) is 5.19. The number of rotatable bonds is 7. The average molecular weight is 273 g/mol. The van der Waals surface area contributed by atoms with Gasteiger partial charge in [-0.1, -0.05) is 30.3 Å². The van der Waals surface area contributed by atoms with Crippen LogP contribution in [-0.2, 0) is 10.3 Å². The monoisotopic (exact) mass is 273 g/mol. The Hall–Kier alpha value is -1.39. The maximum absolute atomic E-state index is 12.0. The van der Waals surface area contributed by atoms with E-state index in [1.54, 1.807) is 0 Å². The summed E-state index contributed by atoms with van der Waals surface area (Å²) in [6, 6.07) is 10.1. The summed E-state index contributed by atoms with van der Waals surface area (Å²) in [5.41, 5.74) is 11.8. The molecule has 0 bridgehead atoms. The Kier molecular flexibility index (Phi) is 3.52. The average Bonchev–Trinajstić information content (AvgIpc) is 3.31. The fraction of sp³-hybridized carbons (Fsp3) is 0.562. The molecule has 2 saturated carbocycles. The van der Waals surface area contributed by atoms with Crippen molar-refractivity contribution in [2.75, 3.05) is 13.1 Å². The number of nitrogens with zero attached hydrogens (tertiary/aromatic N) is 1. The molecule has 0 heterocycles. The third-order valence-corrected chi connectivity index (χ3v) is 4.43. The van der Waals surface area contributed by atoms with Crippen LogP contribution in [0.1, 0.15) is 31.2 Å². The van der Waals surface area contributed by atoms with Gasteiger partial charge in [0.25, 0.3) is 0 Å². The SMILES string of the molecule is NC(=O)C(N)(CN(CC1CC1)C1CC1)c1ccccc1. The number of carbonyl (C=O) groups excluding carboxylic acids is 1. The number of nitrogens with two attached hydrogens (primary N) is 2. The Bertz CT molecular complexity index is 482. The quantitative estimate of drug-likeness (QED) is 0.784. The molecular formula is C16H23N3O. The summed E-state index contributed by atoms with van der Waals surface area (Å²) in [7, 11) is 0. The summed E-state index contributed by atoms with van der Waals surface area (Å²) in [5.74, 6) is 0.355. The van der Waals surface area contributed by atoms with Crippen LogP contribution in [0.15, 0.2) is 30.3 Å². The van der Waals surface area contributed by atoms with Gasteiger partial charge >= 0.3 is 0 Å². The molecule has 3 rings (SSSR count). The maximum atomic E-state index is 12.0. The number of benzene rings is 1. The topological polar surface area (TPSA) is 72.3 Å². The molecule has 4 N–H and O–H groups in total. The summed E-state index contributed by atoms with van der Waals surface area (Å²) >= 11 is 0. The third kappa shape index (κ3) is 2.86. The first-order chi connectivity index (χ1) is 9.59. The van der Waals surface area contributed by atoms with Crippen LogP contribution >= 0.6 is 0 Å². The lowest BCUT2D eigenvalue weighted by molar-refractivity contribution is -0.124. The van der Waals surface area contributed by atoms with Crippen LogP contribution in [-0.4, -0.2) is 29.9 Å². The minimum Gasteiger partial charge on any atom is -0.368 e. The first-order valence-corrected chi connectivity index (χ1v) is 7.48. The zero-order valence-electron chi connectivity index (χ0n) is 11.8. The maximum Gasteiger partial charge on any atom is 0.243 e. The van der Waals surface area contributed by atoms with Crippen LogP contribution in [0, 0.1) is 5.92 Å². The van der Waals surface area contributed by atoms with Crippen LogP contribution in [0.25, 0.3) is 0 Å². The number of hydrogen-bond acceptors (Lipinski definition) is 3. The van der Waals surface area contributed by atoms with E-state index in [0.29, 0.717) is 12.6 Å². The van der Waals surface area contributed by atoms with E-state index in [2.05, 4.69) is 4.90 Å². The normalized spacial score (nSPS) is 21.7. The highest BCUT2D eigenvalue weighted by molar-refractivity contribution is 5.86. The Morgan fingerprint density at radius 3 is 2.35 bits per heavy atom. The molecule has 4 heteroatoms. The molecule has 20 heavy (non-hydrogen) atoms. The highest BCUT2D eigenvalue weighted by Crippen LogP contribution is 2.36. The van der Waals surface area contributed by atoms with Gasteiger partial charge in [0.1, 0.15) is 5.54 Å². The highest BCUT2D eigenvalue weighted by Gasteiger charge is 2.41. The Labute approximate surface area is 120 Å². The van der Waals surface area contributed by atoms with E-state index in [4.69, 9.17) is 11.5 Å². The van der Waals surface area contributed by atoms with Crippen molar-refractivity contribution in [1.82, 2.24) is 4.90 Å². The van der Waals surface area contributed by atoms with Crippen LogP contribution in [0.3, 0.4) is 0 Å². The van der Waals surface area contributed by atoms with Crippen molar-refractivity contribution in [3.05, 3.63) is 35.9 Å². The van der Waals surface area contributed by atoms with Crippen molar-refractivity contribution < 1.29 is 4.79 Å². The largest absolute Gasteiger partial charge is 0.368 e. The summed E-state index contributed by atoms with van der Waals surface area (Å²) in [5, 5.41) is 0. The zero-order valence-corrected chi connectivity index (χ0v) is 11.8. The minimum absolute atomic E-state index is 0.440. The second-order valence-corrected chi connectivity index (χ2v) is 6.31. The summed E-state index contributed by atoms with van der Waals surface area (Å²) < 4.78 is 0. The lowest BCUT2D eigenvalue weighted by Gasteiger charge is -2.33. The number of hydrogen-bond donors (Lipinski definition) is 2. The standard InChI is InChI=1S/C16H23N3O/c17-15(20)16(18,13-4-2-1-3-5-13)11-19(14-8-9-14)10-12-6-7-12/h1-5,12,14H,6-11,18H2,(H2,17,20). The molecule has 1 aromatic carbocycles.